The molecule has 8 heteroatoms. The van der Waals surface area contributed by atoms with Crippen LogP contribution in [-0.2, 0) is 20.0 Å². The molecule has 38 heavy (non-hydrogen) atoms. The van der Waals surface area contributed by atoms with Gasteiger partial charge in [0.25, 0.3) is 0 Å². The van der Waals surface area contributed by atoms with Crippen LogP contribution in [0.3, 0.4) is 0 Å². The number of aromatic nitrogens is 3. The maximum atomic E-state index is 15.0. The van der Waals surface area contributed by atoms with Crippen molar-refractivity contribution >= 4 is 28.1 Å². The van der Waals surface area contributed by atoms with Gasteiger partial charge in [-0.15, -0.1) is 0 Å². The van der Waals surface area contributed by atoms with Gasteiger partial charge in [0.05, 0.1) is 17.8 Å². The SMILES string of the molecule is C=C(/C(F)=C\N=C(C)Nc1ccc2c(n1)CCN(C1CC(C#N)C1)C2)c1ccc2nn(C)c(C(C)C)c2c1. The number of pyridine rings is 1. The number of aryl methyl sites for hydroxylation is 1. The third kappa shape index (κ3) is 5.11. The third-order valence-corrected chi connectivity index (χ3v) is 7.63. The summed E-state index contributed by atoms with van der Waals surface area (Å²) in [7, 11) is 1.93. The van der Waals surface area contributed by atoms with Crippen LogP contribution in [0.5, 0.6) is 0 Å². The number of nitriles is 1. The van der Waals surface area contributed by atoms with Crippen LogP contribution < -0.4 is 5.32 Å². The van der Waals surface area contributed by atoms with E-state index < -0.39 is 5.83 Å². The van der Waals surface area contributed by atoms with Crippen molar-refractivity contribution in [3.05, 3.63) is 71.5 Å². The molecule has 2 aliphatic rings. The van der Waals surface area contributed by atoms with Crippen molar-refractivity contribution in [1.82, 2.24) is 19.7 Å². The number of hydrogen-bond donors (Lipinski definition) is 1. The van der Waals surface area contributed by atoms with Gasteiger partial charge in [-0.05, 0) is 55.0 Å². The van der Waals surface area contributed by atoms with E-state index >= 15 is 4.39 Å². The average molecular weight is 512 g/mol. The number of hydrogen-bond acceptors (Lipinski definition) is 5. The zero-order chi connectivity index (χ0) is 27.0. The second-order valence-electron chi connectivity index (χ2n) is 10.7. The Hall–Kier alpha value is -3.83. The highest BCUT2D eigenvalue weighted by Gasteiger charge is 2.35. The maximum absolute atomic E-state index is 15.0. The number of amidine groups is 1. The monoisotopic (exact) mass is 511 g/mol. The molecule has 0 atom stereocenters. The highest BCUT2D eigenvalue weighted by Crippen LogP contribution is 2.34. The van der Waals surface area contributed by atoms with Crippen molar-refractivity contribution in [3.63, 3.8) is 0 Å². The lowest BCUT2D eigenvalue weighted by molar-refractivity contribution is 0.0873. The molecular formula is C30H34FN7. The zero-order valence-electron chi connectivity index (χ0n) is 22.5. The van der Waals surface area contributed by atoms with Crippen molar-refractivity contribution in [1.29, 1.82) is 5.26 Å². The molecule has 196 valence electrons. The van der Waals surface area contributed by atoms with E-state index in [1.54, 1.807) is 6.92 Å². The quantitative estimate of drug-likeness (QED) is 0.245. The highest BCUT2D eigenvalue weighted by atomic mass is 19.1. The van der Waals surface area contributed by atoms with Crippen molar-refractivity contribution in [2.45, 2.75) is 58.5 Å². The Labute approximate surface area is 223 Å². The first-order valence-corrected chi connectivity index (χ1v) is 13.2. The Morgan fingerprint density at radius 3 is 2.82 bits per heavy atom. The molecule has 1 N–H and O–H groups in total. The number of halogens is 1. The molecule has 0 unspecified atom stereocenters. The fourth-order valence-corrected chi connectivity index (χ4v) is 5.49. The number of nitrogens with one attached hydrogen (secondary N) is 1. The smallest absolute Gasteiger partial charge is 0.148 e. The summed E-state index contributed by atoms with van der Waals surface area (Å²) in [5.74, 6) is 1.26. The van der Waals surface area contributed by atoms with Crippen LogP contribution in [-0.4, -0.2) is 38.1 Å². The Morgan fingerprint density at radius 2 is 2.08 bits per heavy atom. The van der Waals surface area contributed by atoms with Gasteiger partial charge in [-0.1, -0.05) is 32.6 Å². The van der Waals surface area contributed by atoms with Gasteiger partial charge in [0, 0.05) is 60.9 Å². The van der Waals surface area contributed by atoms with Crippen LogP contribution >= 0.6 is 0 Å². The van der Waals surface area contributed by atoms with Crippen LogP contribution in [0.25, 0.3) is 16.5 Å². The molecule has 0 saturated heterocycles. The van der Waals surface area contributed by atoms with Gasteiger partial charge in [0.15, 0.2) is 0 Å². The largest absolute Gasteiger partial charge is 0.329 e. The summed E-state index contributed by atoms with van der Waals surface area (Å²) in [6.07, 6.45) is 4.03. The van der Waals surface area contributed by atoms with Gasteiger partial charge >= 0.3 is 0 Å². The van der Waals surface area contributed by atoms with Crippen LogP contribution in [0.2, 0.25) is 0 Å². The highest BCUT2D eigenvalue weighted by molar-refractivity contribution is 5.93. The van der Waals surface area contributed by atoms with Gasteiger partial charge in [-0.3, -0.25) is 9.58 Å². The zero-order valence-corrected chi connectivity index (χ0v) is 22.5. The van der Waals surface area contributed by atoms with Gasteiger partial charge in [0.1, 0.15) is 17.5 Å². The first-order valence-electron chi connectivity index (χ1n) is 13.2. The third-order valence-electron chi connectivity index (χ3n) is 7.63. The second-order valence-corrected chi connectivity index (χ2v) is 10.7. The van der Waals surface area contributed by atoms with E-state index in [-0.39, 0.29) is 11.5 Å². The molecule has 5 rings (SSSR count). The van der Waals surface area contributed by atoms with E-state index in [9.17, 15) is 0 Å². The summed E-state index contributed by atoms with van der Waals surface area (Å²) in [6.45, 7) is 11.8. The molecule has 7 nitrogen and oxygen atoms in total. The maximum Gasteiger partial charge on any atom is 0.148 e. The molecule has 1 aromatic carbocycles. The van der Waals surface area contributed by atoms with Crippen molar-refractivity contribution in [2.24, 2.45) is 18.0 Å². The molecule has 0 spiro atoms. The molecule has 1 aliphatic heterocycles. The van der Waals surface area contributed by atoms with Crippen LogP contribution in [0, 0.1) is 17.2 Å². The van der Waals surface area contributed by atoms with E-state index in [1.807, 2.05) is 36.0 Å². The number of nitrogens with zero attached hydrogens (tertiary/aromatic N) is 6. The van der Waals surface area contributed by atoms with Gasteiger partial charge in [-0.2, -0.15) is 10.4 Å². The summed E-state index contributed by atoms with van der Waals surface area (Å²) in [5, 5.41) is 17.8. The molecule has 1 saturated carbocycles. The van der Waals surface area contributed by atoms with Crippen molar-refractivity contribution in [2.75, 3.05) is 11.9 Å². The minimum absolute atomic E-state index is 0.215. The van der Waals surface area contributed by atoms with Gasteiger partial charge in [-0.25, -0.2) is 14.4 Å². The van der Waals surface area contributed by atoms with Gasteiger partial charge < -0.3 is 5.32 Å². The average Bonchev–Trinajstić information content (AvgIpc) is 3.21. The molecule has 2 aromatic heterocycles. The molecule has 3 heterocycles. The standard InChI is InChI=1S/C30H34FN7/c1-18(2)30-25-14-22(6-8-28(25)36-37(30)5)19(3)26(31)16-33-20(4)34-29-9-7-23-17-38(11-10-27(23)35-29)24-12-21(13-24)15-32/h6-9,14,16,18,21,24H,3,10-13,17H2,1-2,4-5H3,(H,33,34,35)/b26-16+. The molecule has 0 amide bonds. The molecule has 0 bridgehead atoms. The summed E-state index contributed by atoms with van der Waals surface area (Å²) < 4.78 is 16.9. The van der Waals surface area contributed by atoms with Crippen LogP contribution in [0.15, 0.2) is 53.9 Å². The Kier molecular flexibility index (Phi) is 7.13. The lowest BCUT2D eigenvalue weighted by atomic mass is 9.79. The minimum Gasteiger partial charge on any atom is -0.329 e. The van der Waals surface area contributed by atoms with Crippen LogP contribution in [0.1, 0.15) is 62.0 Å². The topological polar surface area (TPSA) is 82.1 Å². The Morgan fingerprint density at radius 1 is 1.29 bits per heavy atom. The van der Waals surface area contributed by atoms with Gasteiger partial charge in [0.2, 0.25) is 0 Å². The van der Waals surface area contributed by atoms with E-state index in [0.29, 0.717) is 29.2 Å². The summed E-state index contributed by atoms with van der Waals surface area (Å²) in [5.41, 5.74) is 5.29. The molecule has 1 fully saturated rings. The summed E-state index contributed by atoms with van der Waals surface area (Å²) >= 11 is 0. The van der Waals surface area contributed by atoms with Crippen LogP contribution in [0.4, 0.5) is 10.2 Å². The predicted octanol–water partition coefficient (Wildman–Crippen LogP) is 6.11. The first-order chi connectivity index (χ1) is 18.2. The van der Waals surface area contributed by atoms with Crippen molar-refractivity contribution in [3.8, 4) is 6.07 Å². The molecule has 0 radical (unpaired) electrons. The molecular weight excluding hydrogens is 477 g/mol. The Bertz CT molecular complexity index is 1480. The lowest BCUT2D eigenvalue weighted by Gasteiger charge is -2.42. The van der Waals surface area contributed by atoms with E-state index in [4.69, 9.17) is 10.2 Å². The lowest BCUT2D eigenvalue weighted by Crippen LogP contribution is -2.46. The molecule has 1 aliphatic carbocycles. The summed E-state index contributed by atoms with van der Waals surface area (Å²) in [4.78, 5) is 11.5. The van der Waals surface area contributed by atoms with E-state index in [0.717, 1.165) is 54.6 Å². The van der Waals surface area contributed by atoms with E-state index in [1.165, 1.54) is 11.8 Å². The van der Waals surface area contributed by atoms with Crippen molar-refractivity contribution < 1.29 is 4.39 Å². The number of allylic oxidation sites excluding steroid dienone is 2. The minimum atomic E-state index is -0.492. The predicted molar refractivity (Wildman–Crippen MR) is 150 cm³/mol. The number of anilines is 1. The second kappa shape index (κ2) is 10.5. The summed E-state index contributed by atoms with van der Waals surface area (Å²) in [6, 6.07) is 12.6. The molecule has 3 aromatic rings. The number of rotatable bonds is 6. The first kappa shape index (κ1) is 25.8. The number of fused-ring (bicyclic) bond motifs is 2. The number of benzene rings is 1. The fourth-order valence-electron chi connectivity index (χ4n) is 5.49. The number of aliphatic imine (C=N–C) groups is 1. The fraction of sp³-hybridized carbons (Fsp3) is 0.400. The van der Waals surface area contributed by atoms with E-state index in [2.05, 4.69) is 52.9 Å². The normalized spacial score (nSPS) is 20.2. The Balaban J connectivity index is 1.24.